The number of carbonyl (C=O) groups excluding carboxylic acids is 1. The van der Waals surface area contributed by atoms with Crippen molar-refractivity contribution in [2.75, 3.05) is 0 Å². The van der Waals surface area contributed by atoms with Gasteiger partial charge in [-0.2, -0.15) is 0 Å². The molecule has 12 heavy (non-hydrogen) atoms. The molecule has 2 nitrogen and oxygen atoms in total. The molecule has 2 heteroatoms. The molecule has 0 N–H and O–H groups in total. The highest BCUT2D eigenvalue weighted by molar-refractivity contribution is 5.66. The second-order valence-electron chi connectivity index (χ2n) is 3.32. The molecule has 0 aliphatic rings. The summed E-state index contributed by atoms with van der Waals surface area (Å²) < 4.78 is 5.17. The van der Waals surface area contributed by atoms with Crippen molar-refractivity contribution in [1.29, 1.82) is 0 Å². The maximum atomic E-state index is 10.7. The quantitative estimate of drug-likeness (QED) is 0.596. The standard InChI is InChI=1S/C10H20O2/c1-5-7-8(3)10(6-2)12-9(4)11/h8,10H,5-7H2,1-4H3/t8-,10+/m0/s1. The van der Waals surface area contributed by atoms with Gasteiger partial charge in [-0.05, 0) is 18.8 Å². The van der Waals surface area contributed by atoms with Crippen molar-refractivity contribution >= 4 is 5.97 Å². The molecular weight excluding hydrogens is 152 g/mol. The van der Waals surface area contributed by atoms with Crippen LogP contribution in [0.1, 0.15) is 47.0 Å². The molecule has 0 heterocycles. The molecule has 0 spiro atoms. The summed E-state index contributed by atoms with van der Waals surface area (Å²) in [5, 5.41) is 0. The Kier molecular flexibility index (Phi) is 5.77. The third kappa shape index (κ3) is 4.37. The monoisotopic (exact) mass is 172 g/mol. The Morgan fingerprint density at radius 1 is 1.42 bits per heavy atom. The zero-order valence-corrected chi connectivity index (χ0v) is 8.59. The molecular formula is C10H20O2. The Labute approximate surface area is 75.3 Å². The van der Waals surface area contributed by atoms with Crippen LogP contribution in [0.3, 0.4) is 0 Å². The van der Waals surface area contributed by atoms with Crippen LogP contribution in [0.25, 0.3) is 0 Å². The number of ether oxygens (including phenoxy) is 1. The lowest BCUT2D eigenvalue weighted by molar-refractivity contribution is -0.149. The fourth-order valence-electron chi connectivity index (χ4n) is 1.46. The molecule has 0 amide bonds. The second-order valence-corrected chi connectivity index (χ2v) is 3.32. The number of rotatable bonds is 5. The van der Waals surface area contributed by atoms with Gasteiger partial charge in [-0.3, -0.25) is 4.79 Å². The van der Waals surface area contributed by atoms with E-state index in [1.165, 1.54) is 6.92 Å². The molecule has 0 saturated carbocycles. The van der Waals surface area contributed by atoms with Crippen molar-refractivity contribution in [1.82, 2.24) is 0 Å². The summed E-state index contributed by atoms with van der Waals surface area (Å²) in [6, 6.07) is 0. The lowest BCUT2D eigenvalue weighted by Gasteiger charge is -2.21. The van der Waals surface area contributed by atoms with Crippen LogP contribution >= 0.6 is 0 Å². The topological polar surface area (TPSA) is 26.3 Å². The van der Waals surface area contributed by atoms with E-state index in [0.717, 1.165) is 19.3 Å². The van der Waals surface area contributed by atoms with Crippen LogP contribution in [-0.4, -0.2) is 12.1 Å². The van der Waals surface area contributed by atoms with Crippen LogP contribution in [0.15, 0.2) is 0 Å². The van der Waals surface area contributed by atoms with E-state index in [9.17, 15) is 4.79 Å². The van der Waals surface area contributed by atoms with Crippen LogP contribution < -0.4 is 0 Å². The summed E-state index contributed by atoms with van der Waals surface area (Å²) in [6.07, 6.45) is 3.31. The van der Waals surface area contributed by atoms with E-state index in [0.29, 0.717) is 5.92 Å². The predicted octanol–water partition coefficient (Wildman–Crippen LogP) is 2.76. The highest BCUT2D eigenvalue weighted by Gasteiger charge is 2.16. The molecule has 0 aliphatic heterocycles. The molecule has 0 aromatic heterocycles. The molecule has 0 aromatic carbocycles. The molecule has 72 valence electrons. The minimum absolute atomic E-state index is 0.113. The minimum atomic E-state index is -0.162. The first-order valence-corrected chi connectivity index (χ1v) is 4.79. The van der Waals surface area contributed by atoms with Gasteiger partial charge in [0.15, 0.2) is 0 Å². The first kappa shape index (κ1) is 11.5. The summed E-state index contributed by atoms with van der Waals surface area (Å²) in [7, 11) is 0. The Morgan fingerprint density at radius 2 is 2.00 bits per heavy atom. The van der Waals surface area contributed by atoms with E-state index in [4.69, 9.17) is 4.74 Å². The van der Waals surface area contributed by atoms with Crippen molar-refractivity contribution in [2.45, 2.75) is 53.1 Å². The van der Waals surface area contributed by atoms with Crippen molar-refractivity contribution in [3.8, 4) is 0 Å². The summed E-state index contributed by atoms with van der Waals surface area (Å²) >= 11 is 0. The third-order valence-electron chi connectivity index (χ3n) is 2.10. The van der Waals surface area contributed by atoms with Crippen LogP contribution in [0.2, 0.25) is 0 Å². The molecule has 0 unspecified atom stereocenters. The molecule has 0 aromatic rings. The normalized spacial score (nSPS) is 15.3. The van der Waals surface area contributed by atoms with Crippen molar-refractivity contribution in [2.24, 2.45) is 5.92 Å². The van der Waals surface area contributed by atoms with Crippen molar-refractivity contribution in [3.63, 3.8) is 0 Å². The van der Waals surface area contributed by atoms with Crippen molar-refractivity contribution < 1.29 is 9.53 Å². The average molecular weight is 172 g/mol. The number of carbonyl (C=O) groups is 1. The van der Waals surface area contributed by atoms with Gasteiger partial charge in [0, 0.05) is 6.92 Å². The van der Waals surface area contributed by atoms with Gasteiger partial charge >= 0.3 is 5.97 Å². The molecule has 0 aliphatic carbocycles. The number of hydrogen-bond acceptors (Lipinski definition) is 2. The number of hydrogen-bond donors (Lipinski definition) is 0. The van der Waals surface area contributed by atoms with Crippen LogP contribution in [-0.2, 0) is 9.53 Å². The van der Waals surface area contributed by atoms with E-state index < -0.39 is 0 Å². The van der Waals surface area contributed by atoms with Gasteiger partial charge in [0.2, 0.25) is 0 Å². The lowest BCUT2D eigenvalue weighted by Crippen LogP contribution is -2.23. The van der Waals surface area contributed by atoms with Gasteiger partial charge < -0.3 is 4.74 Å². The zero-order chi connectivity index (χ0) is 9.56. The van der Waals surface area contributed by atoms with E-state index in [-0.39, 0.29) is 12.1 Å². The fourth-order valence-corrected chi connectivity index (χ4v) is 1.46. The van der Waals surface area contributed by atoms with Crippen LogP contribution in [0.4, 0.5) is 0 Å². The van der Waals surface area contributed by atoms with Gasteiger partial charge in [0.25, 0.3) is 0 Å². The molecule has 0 bridgehead atoms. The molecule has 0 fully saturated rings. The molecule has 0 radical (unpaired) electrons. The van der Waals surface area contributed by atoms with Gasteiger partial charge in [-0.15, -0.1) is 0 Å². The van der Waals surface area contributed by atoms with Gasteiger partial charge in [0.1, 0.15) is 6.10 Å². The van der Waals surface area contributed by atoms with Crippen LogP contribution in [0.5, 0.6) is 0 Å². The maximum absolute atomic E-state index is 10.7. The molecule has 0 rings (SSSR count). The average Bonchev–Trinajstić information content (AvgIpc) is 2.00. The SMILES string of the molecule is CCC[C@H](C)[C@@H](CC)OC(C)=O. The third-order valence-corrected chi connectivity index (χ3v) is 2.10. The first-order chi connectivity index (χ1) is 5.61. The molecule has 2 atom stereocenters. The van der Waals surface area contributed by atoms with E-state index in [1.807, 2.05) is 0 Å². The predicted molar refractivity (Wildman–Crippen MR) is 49.9 cm³/mol. The van der Waals surface area contributed by atoms with E-state index in [1.54, 1.807) is 0 Å². The van der Waals surface area contributed by atoms with E-state index in [2.05, 4.69) is 20.8 Å². The largest absolute Gasteiger partial charge is 0.462 e. The lowest BCUT2D eigenvalue weighted by atomic mass is 9.97. The summed E-state index contributed by atoms with van der Waals surface area (Å²) in [5.74, 6) is 0.328. The smallest absolute Gasteiger partial charge is 0.302 e. The summed E-state index contributed by atoms with van der Waals surface area (Å²) in [4.78, 5) is 10.7. The van der Waals surface area contributed by atoms with Gasteiger partial charge in [-0.25, -0.2) is 0 Å². The summed E-state index contributed by atoms with van der Waals surface area (Å²) in [5.41, 5.74) is 0. The van der Waals surface area contributed by atoms with Gasteiger partial charge in [-0.1, -0.05) is 27.2 Å². The van der Waals surface area contributed by atoms with Crippen LogP contribution in [0, 0.1) is 5.92 Å². The highest BCUT2D eigenvalue weighted by atomic mass is 16.5. The fraction of sp³-hybridized carbons (Fsp3) is 0.900. The minimum Gasteiger partial charge on any atom is -0.462 e. The molecule has 0 saturated heterocycles. The van der Waals surface area contributed by atoms with E-state index >= 15 is 0 Å². The highest BCUT2D eigenvalue weighted by Crippen LogP contribution is 2.16. The summed E-state index contributed by atoms with van der Waals surface area (Å²) in [6.45, 7) is 7.82. The Bertz CT molecular complexity index is 132. The Balaban J connectivity index is 3.86. The maximum Gasteiger partial charge on any atom is 0.302 e. The Hall–Kier alpha value is -0.530. The first-order valence-electron chi connectivity index (χ1n) is 4.79. The second kappa shape index (κ2) is 6.04. The number of esters is 1. The van der Waals surface area contributed by atoms with Crippen molar-refractivity contribution in [3.05, 3.63) is 0 Å². The van der Waals surface area contributed by atoms with Gasteiger partial charge in [0.05, 0.1) is 0 Å². The Morgan fingerprint density at radius 3 is 2.33 bits per heavy atom. The zero-order valence-electron chi connectivity index (χ0n) is 8.59.